The summed E-state index contributed by atoms with van der Waals surface area (Å²) in [6.45, 7) is 32.6. The second-order valence-corrected chi connectivity index (χ2v) is 20.0. The summed E-state index contributed by atoms with van der Waals surface area (Å²) < 4.78 is 0. The van der Waals surface area contributed by atoms with Gasteiger partial charge in [0.05, 0.1) is 6.67 Å². The summed E-state index contributed by atoms with van der Waals surface area (Å²) in [4.78, 5) is 5.06. The molecular formula is C23H48N2P2. The van der Waals surface area contributed by atoms with Gasteiger partial charge in [-0.2, -0.15) is 0 Å². The zero-order chi connectivity index (χ0) is 21.3. The molecule has 27 heavy (non-hydrogen) atoms. The van der Waals surface area contributed by atoms with E-state index in [2.05, 4.69) is 105 Å². The highest BCUT2D eigenvalue weighted by Crippen LogP contribution is 2.59. The first-order valence-corrected chi connectivity index (χ1v) is 13.7. The molecule has 0 N–H and O–H groups in total. The predicted octanol–water partition coefficient (Wildman–Crippen LogP) is 7.19. The first-order valence-electron chi connectivity index (χ1n) is 10.6. The average Bonchev–Trinajstić information content (AvgIpc) is 2.80. The summed E-state index contributed by atoms with van der Waals surface area (Å²) in [7, 11) is -0.0263. The lowest BCUT2D eigenvalue weighted by Crippen LogP contribution is -2.34. The van der Waals surface area contributed by atoms with Crippen molar-refractivity contribution in [1.82, 2.24) is 9.80 Å². The molecule has 0 aliphatic carbocycles. The maximum absolute atomic E-state index is 2.53. The Balaban J connectivity index is 2.56. The van der Waals surface area contributed by atoms with Gasteiger partial charge < -0.3 is 9.80 Å². The van der Waals surface area contributed by atoms with Gasteiger partial charge in [-0.05, 0) is 32.9 Å². The molecule has 160 valence electrons. The van der Waals surface area contributed by atoms with E-state index in [4.69, 9.17) is 0 Å². The Bertz CT molecular complexity index is 414. The van der Waals surface area contributed by atoms with Gasteiger partial charge >= 0.3 is 0 Å². The summed E-state index contributed by atoms with van der Waals surface area (Å²) in [5.74, 6) is 0. The zero-order valence-corrected chi connectivity index (χ0v) is 22.3. The van der Waals surface area contributed by atoms with Crippen molar-refractivity contribution in [2.45, 2.75) is 104 Å². The topological polar surface area (TPSA) is 6.48 Å². The maximum atomic E-state index is 2.53. The van der Waals surface area contributed by atoms with Crippen molar-refractivity contribution in [3.05, 3.63) is 12.4 Å². The molecule has 1 aliphatic rings. The van der Waals surface area contributed by atoms with Crippen molar-refractivity contribution in [1.29, 1.82) is 0 Å². The van der Waals surface area contributed by atoms with Crippen LogP contribution in [0.15, 0.2) is 12.4 Å². The molecule has 1 rings (SSSR count). The molecule has 0 unspecified atom stereocenters. The van der Waals surface area contributed by atoms with Crippen LogP contribution in [-0.4, -0.2) is 62.5 Å². The van der Waals surface area contributed by atoms with Crippen LogP contribution in [0.4, 0.5) is 0 Å². The predicted molar refractivity (Wildman–Crippen MR) is 130 cm³/mol. The van der Waals surface area contributed by atoms with E-state index in [-0.39, 0.29) is 15.8 Å². The van der Waals surface area contributed by atoms with Crippen LogP contribution in [0.1, 0.15) is 83.1 Å². The Hall–Kier alpha value is 0.200. The van der Waals surface area contributed by atoms with Gasteiger partial charge in [-0.15, -0.1) is 0 Å². The minimum atomic E-state index is -0.0131. The molecule has 0 atom stereocenters. The Morgan fingerprint density at radius 2 is 0.815 bits per heavy atom. The van der Waals surface area contributed by atoms with Crippen molar-refractivity contribution >= 4 is 15.8 Å². The molecule has 2 nitrogen and oxygen atoms in total. The average molecular weight is 415 g/mol. The normalized spacial score (nSPS) is 17.0. The van der Waals surface area contributed by atoms with E-state index < -0.39 is 0 Å². The van der Waals surface area contributed by atoms with Crippen LogP contribution < -0.4 is 0 Å². The van der Waals surface area contributed by atoms with Crippen LogP contribution in [-0.2, 0) is 0 Å². The van der Waals surface area contributed by atoms with Crippen LogP contribution in [0.2, 0.25) is 0 Å². The molecule has 0 bridgehead atoms. The molecule has 0 aromatic heterocycles. The highest BCUT2D eigenvalue weighted by atomic mass is 31.1. The molecular weight excluding hydrogens is 366 g/mol. The number of rotatable bonds is 6. The number of hydrogen-bond acceptors (Lipinski definition) is 2. The third-order valence-electron chi connectivity index (χ3n) is 5.31. The summed E-state index contributed by atoms with van der Waals surface area (Å²) >= 11 is 0. The number of hydrogen-bond donors (Lipinski definition) is 0. The van der Waals surface area contributed by atoms with Crippen molar-refractivity contribution in [3.63, 3.8) is 0 Å². The molecule has 0 aromatic carbocycles. The Morgan fingerprint density at radius 1 is 0.556 bits per heavy atom. The van der Waals surface area contributed by atoms with E-state index in [9.17, 15) is 0 Å². The lowest BCUT2D eigenvalue weighted by Gasteiger charge is -2.43. The second kappa shape index (κ2) is 8.92. The van der Waals surface area contributed by atoms with Gasteiger partial charge in [0.15, 0.2) is 0 Å². The zero-order valence-electron chi connectivity index (χ0n) is 20.5. The van der Waals surface area contributed by atoms with Crippen LogP contribution in [0.5, 0.6) is 0 Å². The third-order valence-corrected chi connectivity index (χ3v) is 13.1. The van der Waals surface area contributed by atoms with E-state index >= 15 is 0 Å². The Kier molecular flexibility index (Phi) is 8.33. The number of nitrogens with zero attached hydrogens (tertiary/aromatic N) is 2. The van der Waals surface area contributed by atoms with Gasteiger partial charge in [0.1, 0.15) is 0 Å². The van der Waals surface area contributed by atoms with Crippen molar-refractivity contribution in [2.75, 3.05) is 32.1 Å². The third kappa shape index (κ3) is 8.22. The fourth-order valence-electron chi connectivity index (χ4n) is 4.62. The highest BCUT2D eigenvalue weighted by Gasteiger charge is 2.35. The van der Waals surface area contributed by atoms with Gasteiger partial charge in [0.25, 0.3) is 0 Å². The van der Waals surface area contributed by atoms with E-state index in [0.717, 1.165) is 6.67 Å². The van der Waals surface area contributed by atoms with E-state index in [1.165, 1.54) is 25.4 Å². The van der Waals surface area contributed by atoms with Crippen LogP contribution in [0.25, 0.3) is 0 Å². The molecule has 0 saturated carbocycles. The van der Waals surface area contributed by atoms with Crippen LogP contribution >= 0.6 is 15.8 Å². The van der Waals surface area contributed by atoms with Crippen LogP contribution in [0, 0.1) is 0 Å². The molecule has 0 aromatic rings. The van der Waals surface area contributed by atoms with Gasteiger partial charge in [0, 0.05) is 25.5 Å². The fourth-order valence-corrected chi connectivity index (χ4v) is 12.2. The van der Waals surface area contributed by atoms with Gasteiger partial charge in [-0.3, -0.25) is 0 Å². The summed E-state index contributed by atoms with van der Waals surface area (Å²) in [6, 6.07) is 0. The lowest BCUT2D eigenvalue weighted by atomic mass is 10.2. The Morgan fingerprint density at radius 3 is 1.04 bits per heavy atom. The van der Waals surface area contributed by atoms with Crippen LogP contribution in [0.3, 0.4) is 0 Å². The summed E-state index contributed by atoms with van der Waals surface area (Å²) in [5, 5.41) is 1.69. The maximum Gasteiger partial charge on any atom is 0.0894 e. The van der Waals surface area contributed by atoms with Crippen molar-refractivity contribution in [2.24, 2.45) is 0 Å². The monoisotopic (exact) mass is 414 g/mol. The second-order valence-electron chi connectivity index (χ2n) is 12.1. The molecule has 0 amide bonds. The summed E-state index contributed by atoms with van der Waals surface area (Å²) in [6.07, 6.45) is 7.32. The first kappa shape index (κ1) is 25.2. The molecule has 0 spiro atoms. The molecule has 4 heteroatoms. The van der Waals surface area contributed by atoms with Crippen molar-refractivity contribution < 1.29 is 0 Å². The highest BCUT2D eigenvalue weighted by molar-refractivity contribution is 7.61. The smallest absolute Gasteiger partial charge is 0.0894 e. The SMILES string of the molecule is CC(C)(C)P(CCN1C=CN(CCP(C(C)(C)C)C(C)(C)C)C1)C(C)(C)C. The molecule has 0 fully saturated rings. The molecule has 0 radical (unpaired) electrons. The largest absolute Gasteiger partial charge is 0.358 e. The minimum absolute atomic E-state index is 0.0131. The molecule has 1 aliphatic heterocycles. The fraction of sp³-hybridized carbons (Fsp3) is 0.913. The standard InChI is InChI=1S/C23H48N2P2/c1-20(2,3)26(21(4,5)6)17-15-24-13-14-25(19-24)16-18-27(22(7,8)9)23(10,11)12/h13-14H,15-19H2,1-12H3. The van der Waals surface area contributed by atoms with Crippen molar-refractivity contribution in [3.8, 4) is 0 Å². The quantitative estimate of drug-likeness (QED) is 0.424. The van der Waals surface area contributed by atoms with Gasteiger partial charge in [0.2, 0.25) is 0 Å². The molecule has 1 heterocycles. The summed E-state index contributed by atoms with van der Waals surface area (Å²) in [5.41, 5.74) is 0. The lowest BCUT2D eigenvalue weighted by molar-refractivity contribution is 0.283. The van der Waals surface area contributed by atoms with Gasteiger partial charge in [-0.1, -0.05) is 98.9 Å². The van der Waals surface area contributed by atoms with Gasteiger partial charge in [-0.25, -0.2) is 0 Å². The minimum Gasteiger partial charge on any atom is -0.358 e. The van der Waals surface area contributed by atoms with E-state index in [1.54, 1.807) is 0 Å². The van der Waals surface area contributed by atoms with E-state index in [1.807, 2.05) is 0 Å². The Labute approximate surface area is 174 Å². The first-order chi connectivity index (χ1) is 11.9. The molecule has 0 saturated heterocycles. The van der Waals surface area contributed by atoms with E-state index in [0.29, 0.717) is 20.6 Å².